The lowest BCUT2D eigenvalue weighted by Crippen LogP contribution is -2.35. The molecule has 1 fully saturated rings. The molecule has 1 aromatic carbocycles. The first-order valence-corrected chi connectivity index (χ1v) is 6.99. The van der Waals surface area contributed by atoms with Gasteiger partial charge >= 0.3 is 0 Å². The Morgan fingerprint density at radius 1 is 1.29 bits per heavy atom. The van der Waals surface area contributed by atoms with Gasteiger partial charge in [-0.25, -0.2) is 0 Å². The molecule has 1 aliphatic heterocycles. The summed E-state index contributed by atoms with van der Waals surface area (Å²) in [5.74, 6) is 0.848. The van der Waals surface area contributed by atoms with Crippen LogP contribution in [0.2, 0.25) is 5.02 Å². The summed E-state index contributed by atoms with van der Waals surface area (Å²) < 4.78 is 12.6. The van der Waals surface area contributed by atoms with Gasteiger partial charge < -0.3 is 9.47 Å². The Balaban J connectivity index is 2.04. The van der Waals surface area contributed by atoms with Crippen LogP contribution in [-0.2, 0) is 4.74 Å². The number of halogens is 2. The minimum absolute atomic E-state index is 0.214. The predicted octanol–water partition coefficient (Wildman–Crippen LogP) is 4.44. The zero-order valence-corrected chi connectivity index (χ0v) is 12.3. The smallest absolute Gasteiger partial charge is 0.134 e. The van der Waals surface area contributed by atoms with Gasteiger partial charge in [-0.15, -0.1) is 0 Å². The zero-order valence-electron chi connectivity index (χ0n) is 9.95. The molecule has 1 heterocycles. The molecule has 0 saturated carbocycles. The van der Waals surface area contributed by atoms with Crippen molar-refractivity contribution >= 4 is 27.5 Å². The van der Waals surface area contributed by atoms with Gasteiger partial charge in [-0.05, 0) is 48.0 Å². The first kappa shape index (κ1) is 13.2. The number of hydrogen-bond acceptors (Lipinski definition) is 2. The van der Waals surface area contributed by atoms with E-state index in [1.165, 1.54) is 0 Å². The molecule has 1 aliphatic rings. The highest BCUT2D eigenvalue weighted by atomic mass is 79.9. The van der Waals surface area contributed by atoms with E-state index in [1.54, 1.807) is 0 Å². The maximum absolute atomic E-state index is 6.00. The van der Waals surface area contributed by atoms with E-state index in [0.29, 0.717) is 5.02 Å². The van der Waals surface area contributed by atoms with Crippen molar-refractivity contribution in [2.75, 3.05) is 0 Å². The quantitative estimate of drug-likeness (QED) is 0.802. The van der Waals surface area contributed by atoms with E-state index >= 15 is 0 Å². The van der Waals surface area contributed by atoms with Crippen molar-refractivity contribution in [1.29, 1.82) is 0 Å². The van der Waals surface area contributed by atoms with Crippen LogP contribution in [0.25, 0.3) is 0 Å². The molecule has 3 atom stereocenters. The van der Waals surface area contributed by atoms with Crippen LogP contribution in [0, 0.1) is 0 Å². The summed E-state index contributed by atoms with van der Waals surface area (Å²) in [4.78, 5) is 0. The SMILES string of the molecule is C[C@@H]1C[C@@H](Oc2ccc(Cl)cc2Br)C[C@H](C)O1. The van der Waals surface area contributed by atoms with Crippen molar-refractivity contribution in [2.24, 2.45) is 0 Å². The predicted molar refractivity (Wildman–Crippen MR) is 72.8 cm³/mol. The van der Waals surface area contributed by atoms with Crippen molar-refractivity contribution in [2.45, 2.75) is 45.0 Å². The number of hydrogen-bond donors (Lipinski definition) is 0. The highest BCUT2D eigenvalue weighted by Gasteiger charge is 2.26. The fraction of sp³-hybridized carbons (Fsp3) is 0.538. The summed E-state index contributed by atoms with van der Waals surface area (Å²) in [5.41, 5.74) is 0. The third-order valence-electron chi connectivity index (χ3n) is 2.84. The van der Waals surface area contributed by atoms with E-state index in [4.69, 9.17) is 21.1 Å². The van der Waals surface area contributed by atoms with Crippen molar-refractivity contribution in [3.05, 3.63) is 27.7 Å². The molecule has 1 saturated heterocycles. The van der Waals surface area contributed by atoms with Gasteiger partial charge in [0.1, 0.15) is 11.9 Å². The molecule has 2 rings (SSSR count). The molecule has 17 heavy (non-hydrogen) atoms. The van der Waals surface area contributed by atoms with E-state index in [-0.39, 0.29) is 18.3 Å². The molecule has 1 aromatic rings. The summed E-state index contributed by atoms with van der Waals surface area (Å²) >= 11 is 9.36. The Kier molecular flexibility index (Phi) is 4.34. The molecule has 0 spiro atoms. The van der Waals surface area contributed by atoms with E-state index in [0.717, 1.165) is 23.1 Å². The van der Waals surface area contributed by atoms with Gasteiger partial charge in [0, 0.05) is 17.9 Å². The van der Waals surface area contributed by atoms with Gasteiger partial charge in [0.05, 0.1) is 16.7 Å². The largest absolute Gasteiger partial charge is 0.489 e. The highest BCUT2D eigenvalue weighted by Crippen LogP contribution is 2.31. The molecular weight excluding hydrogens is 303 g/mol. The molecule has 0 radical (unpaired) electrons. The van der Waals surface area contributed by atoms with Crippen molar-refractivity contribution in [1.82, 2.24) is 0 Å². The lowest BCUT2D eigenvalue weighted by Gasteiger charge is -2.32. The maximum Gasteiger partial charge on any atom is 0.134 e. The summed E-state index contributed by atoms with van der Waals surface area (Å²) in [6.07, 6.45) is 2.59. The number of rotatable bonds is 2. The van der Waals surface area contributed by atoms with E-state index < -0.39 is 0 Å². The molecule has 0 unspecified atom stereocenters. The summed E-state index contributed by atoms with van der Waals surface area (Å²) in [6, 6.07) is 5.59. The van der Waals surface area contributed by atoms with Gasteiger partial charge in [0.15, 0.2) is 0 Å². The monoisotopic (exact) mass is 318 g/mol. The van der Waals surface area contributed by atoms with Crippen LogP contribution in [0.15, 0.2) is 22.7 Å². The minimum Gasteiger partial charge on any atom is -0.489 e. The zero-order chi connectivity index (χ0) is 12.4. The number of ether oxygens (including phenoxy) is 2. The standard InChI is InChI=1S/C13H16BrClO2/c1-8-5-11(6-9(2)16-8)17-13-4-3-10(15)7-12(13)14/h3-4,7-9,11H,5-6H2,1-2H3/t8-,9+,11-. The second-order valence-electron chi connectivity index (χ2n) is 4.54. The molecule has 2 nitrogen and oxygen atoms in total. The topological polar surface area (TPSA) is 18.5 Å². The van der Waals surface area contributed by atoms with Crippen LogP contribution >= 0.6 is 27.5 Å². The Morgan fingerprint density at radius 3 is 2.53 bits per heavy atom. The van der Waals surface area contributed by atoms with Crippen molar-refractivity contribution < 1.29 is 9.47 Å². The lowest BCUT2D eigenvalue weighted by molar-refractivity contribution is -0.0722. The van der Waals surface area contributed by atoms with Gasteiger partial charge in [-0.2, -0.15) is 0 Å². The Labute approximate surface area is 115 Å². The molecule has 0 aliphatic carbocycles. The molecule has 0 bridgehead atoms. The van der Waals surface area contributed by atoms with Gasteiger partial charge in [0.2, 0.25) is 0 Å². The second-order valence-corrected chi connectivity index (χ2v) is 5.83. The van der Waals surface area contributed by atoms with Gasteiger partial charge in [-0.1, -0.05) is 11.6 Å². The van der Waals surface area contributed by atoms with Crippen LogP contribution in [-0.4, -0.2) is 18.3 Å². The molecule has 0 aromatic heterocycles. The molecule has 4 heteroatoms. The maximum atomic E-state index is 6.00. The first-order chi connectivity index (χ1) is 8.04. The third-order valence-corrected chi connectivity index (χ3v) is 3.70. The number of benzene rings is 1. The Morgan fingerprint density at radius 2 is 1.94 bits per heavy atom. The van der Waals surface area contributed by atoms with Crippen LogP contribution in [0.4, 0.5) is 0 Å². The summed E-state index contributed by atoms with van der Waals surface area (Å²) in [6.45, 7) is 4.17. The third kappa shape index (κ3) is 3.60. The first-order valence-electron chi connectivity index (χ1n) is 5.81. The second kappa shape index (κ2) is 5.59. The fourth-order valence-corrected chi connectivity index (χ4v) is 2.97. The van der Waals surface area contributed by atoms with Gasteiger partial charge in [0.25, 0.3) is 0 Å². The fourth-order valence-electron chi connectivity index (χ4n) is 2.19. The van der Waals surface area contributed by atoms with E-state index in [1.807, 2.05) is 18.2 Å². The van der Waals surface area contributed by atoms with Crippen LogP contribution in [0.3, 0.4) is 0 Å². The summed E-state index contributed by atoms with van der Waals surface area (Å²) in [7, 11) is 0. The highest BCUT2D eigenvalue weighted by molar-refractivity contribution is 9.10. The molecule has 0 amide bonds. The van der Waals surface area contributed by atoms with E-state index in [2.05, 4.69) is 29.8 Å². The lowest BCUT2D eigenvalue weighted by atomic mass is 10.0. The molecule has 0 N–H and O–H groups in total. The molecule has 94 valence electrons. The van der Waals surface area contributed by atoms with Crippen molar-refractivity contribution in [3.8, 4) is 5.75 Å². The normalized spacial score (nSPS) is 29.1. The Hall–Kier alpha value is -0.250. The minimum atomic E-state index is 0.214. The Bertz CT molecular complexity index is 387. The van der Waals surface area contributed by atoms with Crippen LogP contribution in [0.5, 0.6) is 5.75 Å². The van der Waals surface area contributed by atoms with E-state index in [9.17, 15) is 0 Å². The van der Waals surface area contributed by atoms with Crippen molar-refractivity contribution in [3.63, 3.8) is 0 Å². The average molecular weight is 320 g/mol. The molecular formula is C13H16BrClO2. The summed E-state index contributed by atoms with van der Waals surface area (Å²) in [5, 5.41) is 0.706. The average Bonchev–Trinajstić information content (AvgIpc) is 2.21. The van der Waals surface area contributed by atoms with Crippen LogP contribution < -0.4 is 4.74 Å². The van der Waals surface area contributed by atoms with Gasteiger partial charge in [-0.3, -0.25) is 0 Å². The van der Waals surface area contributed by atoms with Crippen LogP contribution in [0.1, 0.15) is 26.7 Å².